The number of carbonyl (C=O) groups is 1. The van der Waals surface area contributed by atoms with E-state index in [0.717, 1.165) is 0 Å². The first-order chi connectivity index (χ1) is 6.65. The maximum atomic E-state index is 11.6. The number of carbonyl (C=O) groups excluding carboxylic acids is 1. The number of anilines is 1. The van der Waals surface area contributed by atoms with Gasteiger partial charge in [0.05, 0.1) is 12.2 Å². The van der Waals surface area contributed by atoms with E-state index in [1.807, 2.05) is 0 Å². The molecule has 0 aliphatic rings. The molecule has 1 amide bonds. The van der Waals surface area contributed by atoms with Crippen LogP contribution in [0.25, 0.3) is 0 Å². The Labute approximate surface area is 82.2 Å². The third kappa shape index (κ3) is 2.43. The molecule has 0 aliphatic carbocycles. The van der Waals surface area contributed by atoms with Gasteiger partial charge in [0, 0.05) is 19.8 Å². The molecule has 0 saturated carbocycles. The van der Waals surface area contributed by atoms with Crippen molar-refractivity contribution in [2.24, 2.45) is 0 Å². The average Bonchev–Trinajstić information content (AvgIpc) is 2.18. The third-order valence-electron chi connectivity index (χ3n) is 1.82. The number of pyridine rings is 1. The van der Waals surface area contributed by atoms with Crippen molar-refractivity contribution in [3.05, 3.63) is 23.9 Å². The molecule has 14 heavy (non-hydrogen) atoms. The van der Waals surface area contributed by atoms with Crippen LogP contribution in [-0.2, 0) is 0 Å². The Bertz CT molecular complexity index is 310. The van der Waals surface area contributed by atoms with Crippen LogP contribution in [-0.4, -0.2) is 41.1 Å². The molecule has 0 spiro atoms. The van der Waals surface area contributed by atoms with Crippen molar-refractivity contribution in [2.45, 2.75) is 0 Å². The molecule has 0 unspecified atom stereocenters. The molecule has 1 aromatic heterocycles. The van der Waals surface area contributed by atoms with E-state index in [1.165, 1.54) is 11.1 Å². The van der Waals surface area contributed by atoms with Crippen molar-refractivity contribution >= 4 is 11.7 Å². The lowest BCUT2D eigenvalue weighted by Crippen LogP contribution is -2.29. The Morgan fingerprint density at radius 2 is 2.36 bits per heavy atom. The summed E-state index contributed by atoms with van der Waals surface area (Å²) in [6.45, 7) is 0.258. The number of likely N-dealkylation sites (N-methyl/N-ethyl adjacent to an activating group) is 1. The molecule has 3 N–H and O–H groups in total. The monoisotopic (exact) mass is 195 g/mol. The van der Waals surface area contributed by atoms with Crippen molar-refractivity contribution in [2.75, 3.05) is 25.9 Å². The molecule has 76 valence electrons. The number of aromatic nitrogens is 1. The second kappa shape index (κ2) is 4.57. The van der Waals surface area contributed by atoms with Crippen molar-refractivity contribution < 1.29 is 9.90 Å². The molecule has 0 fully saturated rings. The van der Waals surface area contributed by atoms with Gasteiger partial charge in [0.2, 0.25) is 0 Å². The number of hydrogen-bond acceptors (Lipinski definition) is 4. The first kappa shape index (κ1) is 10.5. The first-order valence-electron chi connectivity index (χ1n) is 4.23. The molecule has 0 saturated heterocycles. The van der Waals surface area contributed by atoms with Crippen LogP contribution < -0.4 is 5.73 Å². The smallest absolute Gasteiger partial charge is 0.255 e. The molecule has 0 bridgehead atoms. The molecule has 0 radical (unpaired) electrons. The Morgan fingerprint density at radius 3 is 2.86 bits per heavy atom. The van der Waals surface area contributed by atoms with E-state index in [9.17, 15) is 4.79 Å². The van der Waals surface area contributed by atoms with Crippen LogP contribution in [0, 0.1) is 0 Å². The van der Waals surface area contributed by atoms with Gasteiger partial charge in [-0.05, 0) is 12.1 Å². The van der Waals surface area contributed by atoms with Gasteiger partial charge in [-0.25, -0.2) is 4.98 Å². The lowest BCUT2D eigenvalue weighted by Gasteiger charge is -2.15. The number of aliphatic hydroxyl groups is 1. The van der Waals surface area contributed by atoms with Gasteiger partial charge in [-0.1, -0.05) is 0 Å². The van der Waals surface area contributed by atoms with Gasteiger partial charge >= 0.3 is 0 Å². The molecule has 1 heterocycles. The topological polar surface area (TPSA) is 79.5 Å². The maximum Gasteiger partial charge on any atom is 0.255 e. The first-order valence-corrected chi connectivity index (χ1v) is 4.23. The van der Waals surface area contributed by atoms with Crippen molar-refractivity contribution in [3.8, 4) is 0 Å². The quantitative estimate of drug-likeness (QED) is 0.695. The highest BCUT2D eigenvalue weighted by atomic mass is 16.3. The van der Waals surface area contributed by atoms with Crippen LogP contribution in [0.3, 0.4) is 0 Å². The van der Waals surface area contributed by atoms with E-state index < -0.39 is 0 Å². The summed E-state index contributed by atoms with van der Waals surface area (Å²) in [4.78, 5) is 16.8. The number of nitrogens with zero attached hydrogens (tertiary/aromatic N) is 2. The van der Waals surface area contributed by atoms with Gasteiger partial charge in [-0.2, -0.15) is 0 Å². The Balaban J connectivity index is 2.74. The summed E-state index contributed by atoms with van der Waals surface area (Å²) >= 11 is 0. The minimum atomic E-state index is -0.174. The minimum Gasteiger partial charge on any atom is -0.395 e. The zero-order valence-electron chi connectivity index (χ0n) is 7.97. The zero-order chi connectivity index (χ0) is 10.6. The highest BCUT2D eigenvalue weighted by molar-refractivity contribution is 5.93. The van der Waals surface area contributed by atoms with Crippen LogP contribution in [0.1, 0.15) is 10.4 Å². The second-order valence-electron chi connectivity index (χ2n) is 2.92. The molecule has 1 aromatic rings. The number of amides is 1. The maximum absolute atomic E-state index is 11.6. The van der Waals surface area contributed by atoms with Crippen LogP contribution in [0.5, 0.6) is 0 Å². The van der Waals surface area contributed by atoms with Crippen molar-refractivity contribution in [3.63, 3.8) is 0 Å². The summed E-state index contributed by atoms with van der Waals surface area (Å²) in [6.07, 6.45) is 1.42. The number of nitrogens with two attached hydrogens (primary N) is 1. The largest absolute Gasteiger partial charge is 0.395 e. The number of rotatable bonds is 3. The summed E-state index contributed by atoms with van der Waals surface area (Å²) in [7, 11) is 1.62. The van der Waals surface area contributed by atoms with Crippen LogP contribution in [0.4, 0.5) is 5.82 Å². The third-order valence-corrected chi connectivity index (χ3v) is 1.82. The SMILES string of the molecule is CN(CCO)C(=O)c1ccc(N)nc1. The standard InChI is InChI=1S/C9H13N3O2/c1-12(4-5-13)9(14)7-2-3-8(10)11-6-7/h2-3,6,13H,4-5H2,1H3,(H2,10,11). The highest BCUT2D eigenvalue weighted by Gasteiger charge is 2.10. The predicted octanol–water partition coefficient (Wildman–Crippen LogP) is -0.272. The van der Waals surface area contributed by atoms with Gasteiger partial charge in [0.25, 0.3) is 5.91 Å². The fourth-order valence-electron chi connectivity index (χ4n) is 1.00. The molecule has 5 nitrogen and oxygen atoms in total. The molecule has 1 rings (SSSR count). The van der Waals surface area contributed by atoms with Gasteiger partial charge in [-0.3, -0.25) is 4.79 Å². The summed E-state index contributed by atoms with van der Waals surface area (Å²) in [6, 6.07) is 3.18. The molecule has 0 aliphatic heterocycles. The Morgan fingerprint density at radius 1 is 1.64 bits per heavy atom. The highest BCUT2D eigenvalue weighted by Crippen LogP contribution is 2.04. The summed E-state index contributed by atoms with van der Waals surface area (Å²) < 4.78 is 0. The lowest BCUT2D eigenvalue weighted by atomic mass is 10.2. The lowest BCUT2D eigenvalue weighted by molar-refractivity contribution is 0.0766. The van der Waals surface area contributed by atoms with Crippen LogP contribution in [0.15, 0.2) is 18.3 Å². The van der Waals surface area contributed by atoms with Crippen molar-refractivity contribution in [1.82, 2.24) is 9.88 Å². The predicted molar refractivity (Wildman–Crippen MR) is 52.7 cm³/mol. The molecular formula is C9H13N3O2. The minimum absolute atomic E-state index is 0.0510. The zero-order valence-corrected chi connectivity index (χ0v) is 7.97. The van der Waals surface area contributed by atoms with E-state index in [1.54, 1.807) is 19.2 Å². The van der Waals surface area contributed by atoms with Crippen LogP contribution >= 0.6 is 0 Å². The average molecular weight is 195 g/mol. The van der Waals surface area contributed by atoms with Gasteiger partial charge in [-0.15, -0.1) is 0 Å². The van der Waals surface area contributed by atoms with E-state index in [-0.39, 0.29) is 12.5 Å². The summed E-state index contributed by atoms with van der Waals surface area (Å²) in [5, 5.41) is 8.65. The Kier molecular flexibility index (Phi) is 3.41. The number of hydrogen-bond donors (Lipinski definition) is 2. The molecule has 0 aromatic carbocycles. The van der Waals surface area contributed by atoms with E-state index in [0.29, 0.717) is 17.9 Å². The molecule has 5 heteroatoms. The summed E-state index contributed by atoms with van der Waals surface area (Å²) in [5.74, 6) is 0.206. The Hall–Kier alpha value is -1.62. The second-order valence-corrected chi connectivity index (χ2v) is 2.92. The summed E-state index contributed by atoms with van der Waals surface area (Å²) in [5.41, 5.74) is 5.85. The van der Waals surface area contributed by atoms with E-state index in [2.05, 4.69) is 4.98 Å². The molecular weight excluding hydrogens is 182 g/mol. The van der Waals surface area contributed by atoms with Gasteiger partial charge in [0.15, 0.2) is 0 Å². The number of aliphatic hydroxyl groups excluding tert-OH is 1. The van der Waals surface area contributed by atoms with Crippen LogP contribution in [0.2, 0.25) is 0 Å². The fraction of sp³-hybridized carbons (Fsp3) is 0.333. The number of nitrogen functional groups attached to an aromatic ring is 1. The molecule has 0 atom stereocenters. The van der Waals surface area contributed by atoms with E-state index >= 15 is 0 Å². The fourth-order valence-corrected chi connectivity index (χ4v) is 1.00. The van der Waals surface area contributed by atoms with E-state index in [4.69, 9.17) is 10.8 Å². The van der Waals surface area contributed by atoms with Gasteiger partial charge in [0.1, 0.15) is 5.82 Å². The van der Waals surface area contributed by atoms with Crippen molar-refractivity contribution in [1.29, 1.82) is 0 Å². The normalized spacial score (nSPS) is 9.86. The van der Waals surface area contributed by atoms with Gasteiger partial charge < -0.3 is 15.7 Å².